The maximum absolute atomic E-state index is 12.1. The lowest BCUT2D eigenvalue weighted by Gasteiger charge is -2.13. The van der Waals surface area contributed by atoms with E-state index >= 15 is 0 Å². The first-order chi connectivity index (χ1) is 17.4. The zero-order valence-electron chi connectivity index (χ0n) is 21.5. The van der Waals surface area contributed by atoms with E-state index in [2.05, 4.69) is 26.3 Å². The Hall–Kier alpha value is -4.65. The lowest BCUT2D eigenvalue weighted by Crippen LogP contribution is -2.12. The Morgan fingerprint density at radius 3 is 1.41 bits per heavy atom. The van der Waals surface area contributed by atoms with Crippen LogP contribution in [0.25, 0.3) is 12.2 Å². The molecule has 0 unspecified atom stereocenters. The summed E-state index contributed by atoms with van der Waals surface area (Å²) in [6, 6.07) is 9.84. The molecule has 0 amide bonds. The Morgan fingerprint density at radius 2 is 1.00 bits per heavy atom. The lowest BCUT2D eigenvalue weighted by atomic mass is 10.1. The third-order valence-corrected chi connectivity index (χ3v) is 4.53. The van der Waals surface area contributed by atoms with Crippen molar-refractivity contribution in [2.75, 3.05) is 6.61 Å². The molecule has 0 heterocycles. The molecular weight excluding hydrogens is 472 g/mol. The third kappa shape index (κ3) is 8.81. The van der Waals surface area contributed by atoms with E-state index in [1.165, 1.54) is 19.9 Å². The van der Waals surface area contributed by atoms with Gasteiger partial charge in [-0.1, -0.05) is 50.6 Å². The molecule has 0 saturated heterocycles. The van der Waals surface area contributed by atoms with Gasteiger partial charge in [0.25, 0.3) is 0 Å². The molecule has 2 aromatic carbocycles. The van der Waals surface area contributed by atoms with Crippen LogP contribution in [0.1, 0.15) is 38.8 Å². The van der Waals surface area contributed by atoms with Gasteiger partial charge in [0.1, 0.15) is 6.61 Å². The van der Waals surface area contributed by atoms with Crippen LogP contribution < -0.4 is 18.9 Å². The third-order valence-electron chi connectivity index (χ3n) is 4.53. The van der Waals surface area contributed by atoms with Gasteiger partial charge in [0.2, 0.25) is 0 Å². The van der Waals surface area contributed by atoms with Crippen LogP contribution in [-0.2, 0) is 14.4 Å². The number of rotatable bonds is 11. The Balaban J connectivity index is 2.39. The first-order valence-corrected chi connectivity index (χ1v) is 11.2. The zero-order chi connectivity index (χ0) is 27.7. The SMILES string of the molecule is C=C(C)COc1cc(/C=C/c2ccc(OC(=O)C(=C)C)c(OC(=O)C(=C)C)c2)ccc1OC(=O)C(=C)C. The predicted molar refractivity (Wildman–Crippen MR) is 143 cm³/mol. The minimum absolute atomic E-state index is 0.0530. The van der Waals surface area contributed by atoms with Crippen molar-refractivity contribution in [2.24, 2.45) is 0 Å². The van der Waals surface area contributed by atoms with Crippen molar-refractivity contribution in [2.45, 2.75) is 27.7 Å². The maximum Gasteiger partial charge on any atom is 0.338 e. The smallest absolute Gasteiger partial charge is 0.338 e. The molecule has 0 radical (unpaired) electrons. The second-order valence-corrected chi connectivity index (χ2v) is 8.50. The van der Waals surface area contributed by atoms with Crippen molar-refractivity contribution in [1.29, 1.82) is 0 Å². The van der Waals surface area contributed by atoms with E-state index in [4.69, 9.17) is 18.9 Å². The van der Waals surface area contributed by atoms with Gasteiger partial charge in [0, 0.05) is 16.7 Å². The van der Waals surface area contributed by atoms with Gasteiger partial charge in [-0.15, -0.1) is 0 Å². The molecule has 192 valence electrons. The molecule has 0 N–H and O–H groups in total. The molecule has 0 aromatic heterocycles. The van der Waals surface area contributed by atoms with Crippen molar-refractivity contribution < 1.29 is 33.3 Å². The number of benzene rings is 2. The minimum Gasteiger partial charge on any atom is -0.485 e. The number of hydrogen-bond donors (Lipinski definition) is 0. The number of ether oxygens (including phenoxy) is 4. The van der Waals surface area contributed by atoms with E-state index in [9.17, 15) is 14.4 Å². The fourth-order valence-electron chi connectivity index (χ4n) is 2.57. The van der Waals surface area contributed by atoms with E-state index in [0.29, 0.717) is 11.3 Å². The van der Waals surface area contributed by atoms with Gasteiger partial charge in [0.15, 0.2) is 23.0 Å². The molecular formula is C30H30O7. The van der Waals surface area contributed by atoms with Crippen LogP contribution >= 0.6 is 0 Å². The van der Waals surface area contributed by atoms with Crippen LogP contribution in [0, 0.1) is 0 Å². The van der Waals surface area contributed by atoms with E-state index in [0.717, 1.165) is 11.1 Å². The average Bonchev–Trinajstić information content (AvgIpc) is 2.83. The molecule has 0 aliphatic heterocycles. The molecule has 0 aliphatic carbocycles. The molecule has 0 bridgehead atoms. The van der Waals surface area contributed by atoms with Crippen molar-refractivity contribution in [3.63, 3.8) is 0 Å². The van der Waals surface area contributed by atoms with Gasteiger partial charge in [-0.3, -0.25) is 0 Å². The summed E-state index contributed by atoms with van der Waals surface area (Å²) in [7, 11) is 0. The highest BCUT2D eigenvalue weighted by Gasteiger charge is 2.16. The molecule has 0 spiro atoms. The highest BCUT2D eigenvalue weighted by Crippen LogP contribution is 2.32. The maximum atomic E-state index is 12.1. The normalized spacial score (nSPS) is 10.4. The second-order valence-electron chi connectivity index (χ2n) is 8.50. The van der Waals surface area contributed by atoms with Gasteiger partial charge >= 0.3 is 17.9 Å². The molecule has 7 nitrogen and oxygen atoms in total. The fraction of sp³-hybridized carbons (Fsp3) is 0.167. The van der Waals surface area contributed by atoms with Crippen molar-refractivity contribution in [1.82, 2.24) is 0 Å². The Kier molecular flexibility index (Phi) is 9.95. The summed E-state index contributed by atoms with van der Waals surface area (Å²) in [6.45, 7) is 21.2. The van der Waals surface area contributed by atoms with Crippen LogP contribution in [0.4, 0.5) is 0 Å². The summed E-state index contributed by atoms with van der Waals surface area (Å²) in [5, 5.41) is 0. The average molecular weight is 503 g/mol. The second kappa shape index (κ2) is 12.9. The monoisotopic (exact) mass is 502 g/mol. The Bertz CT molecular complexity index is 1310. The predicted octanol–water partition coefficient (Wildman–Crippen LogP) is 6.26. The largest absolute Gasteiger partial charge is 0.485 e. The molecule has 2 rings (SSSR count). The Morgan fingerprint density at radius 1 is 0.622 bits per heavy atom. The Labute approximate surface area is 217 Å². The lowest BCUT2D eigenvalue weighted by molar-refractivity contribution is -0.132. The topological polar surface area (TPSA) is 88.1 Å². The van der Waals surface area contributed by atoms with Gasteiger partial charge < -0.3 is 18.9 Å². The van der Waals surface area contributed by atoms with Crippen LogP contribution in [0.3, 0.4) is 0 Å². The van der Waals surface area contributed by atoms with Crippen LogP contribution in [0.15, 0.2) is 85.0 Å². The van der Waals surface area contributed by atoms with E-state index in [1.54, 1.807) is 49.4 Å². The van der Waals surface area contributed by atoms with Gasteiger partial charge in [-0.05, 0) is 68.7 Å². The number of esters is 3. The van der Waals surface area contributed by atoms with Gasteiger partial charge in [-0.25, -0.2) is 14.4 Å². The van der Waals surface area contributed by atoms with Gasteiger partial charge in [0.05, 0.1) is 0 Å². The van der Waals surface area contributed by atoms with Crippen molar-refractivity contribution in [3.05, 3.63) is 96.1 Å². The fourth-order valence-corrected chi connectivity index (χ4v) is 2.57. The van der Waals surface area contributed by atoms with Crippen LogP contribution in [-0.4, -0.2) is 24.5 Å². The summed E-state index contributed by atoms with van der Waals surface area (Å²) in [6.07, 6.45) is 3.55. The number of carbonyl (C=O) groups excluding carboxylic acids is 3. The highest BCUT2D eigenvalue weighted by atomic mass is 16.6. The van der Waals surface area contributed by atoms with Crippen molar-refractivity contribution >= 4 is 30.1 Å². The minimum atomic E-state index is -0.659. The van der Waals surface area contributed by atoms with E-state index < -0.39 is 17.9 Å². The zero-order valence-corrected chi connectivity index (χ0v) is 21.5. The molecule has 2 aromatic rings. The first kappa shape index (κ1) is 28.6. The van der Waals surface area contributed by atoms with Crippen molar-refractivity contribution in [3.8, 4) is 23.0 Å². The summed E-state index contributed by atoms with van der Waals surface area (Å²) in [4.78, 5) is 36.1. The molecule has 0 saturated carbocycles. The first-order valence-electron chi connectivity index (χ1n) is 11.2. The molecule has 0 fully saturated rings. The summed E-state index contributed by atoms with van der Waals surface area (Å²) < 4.78 is 21.8. The summed E-state index contributed by atoms with van der Waals surface area (Å²) in [5.41, 5.74) is 2.83. The van der Waals surface area contributed by atoms with Crippen LogP contribution in [0.5, 0.6) is 23.0 Å². The number of carbonyl (C=O) groups is 3. The van der Waals surface area contributed by atoms with Crippen LogP contribution in [0.2, 0.25) is 0 Å². The molecule has 37 heavy (non-hydrogen) atoms. The van der Waals surface area contributed by atoms with Gasteiger partial charge in [-0.2, -0.15) is 0 Å². The molecule has 0 aliphatic rings. The van der Waals surface area contributed by atoms with E-state index in [-0.39, 0.29) is 40.6 Å². The summed E-state index contributed by atoms with van der Waals surface area (Å²) in [5.74, 6) is -1.13. The molecule has 7 heteroatoms. The highest BCUT2D eigenvalue weighted by molar-refractivity contribution is 5.91. The summed E-state index contributed by atoms with van der Waals surface area (Å²) >= 11 is 0. The molecule has 0 atom stereocenters. The standard InChI is InChI=1S/C30H30O7/c1-18(2)17-34-26-15-22(11-13-24(26)35-28(31)19(3)4)9-10-23-12-14-25(36-29(32)20(5)6)27(16-23)37-30(33)21(7)8/h9-16H,1,3,5,7,17H2,2,4,6,8H3/b10-9+. The van der Waals surface area contributed by atoms with E-state index in [1.807, 2.05) is 6.92 Å². The quantitative estimate of drug-likeness (QED) is 0.118. The number of hydrogen-bond acceptors (Lipinski definition) is 7.